The van der Waals surface area contributed by atoms with E-state index in [2.05, 4.69) is 27.0 Å². The third-order valence-corrected chi connectivity index (χ3v) is 6.54. The van der Waals surface area contributed by atoms with Crippen LogP contribution in [0, 0.1) is 5.92 Å². The van der Waals surface area contributed by atoms with E-state index in [0.29, 0.717) is 18.9 Å². The maximum atomic E-state index is 12.5. The van der Waals surface area contributed by atoms with Crippen molar-refractivity contribution in [3.05, 3.63) is 48.0 Å². The number of nitrogens with one attached hydrogen (secondary N) is 1. The largest absolute Gasteiger partial charge is 0.494 e. The molecule has 0 aromatic carbocycles. The van der Waals surface area contributed by atoms with Crippen LogP contribution in [0.1, 0.15) is 64.3 Å². The number of fused-ring (bicyclic) bond motifs is 1. The monoisotopic (exact) mass is 463 g/mol. The van der Waals surface area contributed by atoms with Gasteiger partial charge in [-0.25, -0.2) is 9.78 Å². The van der Waals surface area contributed by atoms with E-state index in [1.165, 1.54) is 37.8 Å². The van der Waals surface area contributed by atoms with Crippen molar-refractivity contribution in [1.82, 2.24) is 19.9 Å². The Morgan fingerprint density at radius 3 is 2.74 bits per heavy atom. The van der Waals surface area contributed by atoms with Gasteiger partial charge in [-0.15, -0.1) is 0 Å². The van der Waals surface area contributed by atoms with Gasteiger partial charge in [-0.3, -0.25) is 9.88 Å². The Bertz CT molecular complexity index is 1120. The summed E-state index contributed by atoms with van der Waals surface area (Å²) < 4.78 is 8.06. The highest BCUT2D eigenvalue weighted by atomic mass is 16.5. The van der Waals surface area contributed by atoms with Crippen LogP contribution in [0.2, 0.25) is 0 Å². The topological polar surface area (TPSA) is 72.3 Å². The molecule has 0 aliphatic heterocycles. The van der Waals surface area contributed by atoms with E-state index in [-0.39, 0.29) is 12.1 Å². The summed E-state index contributed by atoms with van der Waals surface area (Å²) in [7, 11) is 1.78. The Kier molecular flexibility index (Phi) is 7.70. The number of aromatic nitrogens is 3. The summed E-state index contributed by atoms with van der Waals surface area (Å²) in [6.07, 6.45) is 10.8. The highest BCUT2D eigenvalue weighted by Gasteiger charge is 2.20. The van der Waals surface area contributed by atoms with Gasteiger partial charge in [0.25, 0.3) is 0 Å². The van der Waals surface area contributed by atoms with Crippen LogP contribution in [-0.4, -0.2) is 40.3 Å². The fourth-order valence-electron chi connectivity index (χ4n) is 4.81. The van der Waals surface area contributed by atoms with Gasteiger partial charge in [-0.05, 0) is 57.7 Å². The summed E-state index contributed by atoms with van der Waals surface area (Å²) in [6.45, 7) is 7.51. The van der Waals surface area contributed by atoms with Crippen molar-refractivity contribution in [2.24, 2.45) is 5.92 Å². The number of pyridine rings is 2. The minimum Gasteiger partial charge on any atom is -0.494 e. The zero-order chi connectivity index (χ0) is 24.1. The van der Waals surface area contributed by atoms with Gasteiger partial charge in [0.2, 0.25) is 0 Å². The standard InChI is InChI=1S/C27H37N5O2/c1-5-34-25-11-12-28-22(16-25)15-23-13-21-14-24(31(4)27(33)30-19(2)3)17-29-26(21)32(23)18-20-9-7-6-8-10-20/h11-14,16-17,19-20H,5-10,15,18H2,1-4H3,(H,30,33). The lowest BCUT2D eigenvalue weighted by molar-refractivity contribution is 0.245. The fourth-order valence-corrected chi connectivity index (χ4v) is 4.81. The molecular weight excluding hydrogens is 426 g/mol. The molecule has 0 spiro atoms. The number of amides is 2. The van der Waals surface area contributed by atoms with Crippen LogP contribution in [0.4, 0.5) is 10.5 Å². The van der Waals surface area contributed by atoms with Gasteiger partial charge in [0.05, 0.1) is 18.5 Å². The van der Waals surface area contributed by atoms with E-state index in [9.17, 15) is 4.79 Å². The average molecular weight is 464 g/mol. The molecule has 3 heterocycles. The molecule has 1 fully saturated rings. The van der Waals surface area contributed by atoms with Crippen LogP contribution in [0.3, 0.4) is 0 Å². The van der Waals surface area contributed by atoms with Gasteiger partial charge in [-0.1, -0.05) is 19.3 Å². The van der Waals surface area contributed by atoms with Crippen LogP contribution < -0.4 is 15.0 Å². The third kappa shape index (κ3) is 5.69. The summed E-state index contributed by atoms with van der Waals surface area (Å²) in [5.74, 6) is 1.52. The van der Waals surface area contributed by atoms with Crippen molar-refractivity contribution < 1.29 is 9.53 Å². The number of hydrogen-bond donors (Lipinski definition) is 1. The van der Waals surface area contributed by atoms with E-state index >= 15 is 0 Å². The predicted molar refractivity (Wildman–Crippen MR) is 137 cm³/mol. The number of carbonyl (C=O) groups excluding carboxylic acids is 1. The number of ether oxygens (including phenoxy) is 1. The van der Waals surface area contributed by atoms with Gasteiger partial charge in [0.15, 0.2) is 0 Å². The molecule has 182 valence electrons. The second kappa shape index (κ2) is 10.9. The van der Waals surface area contributed by atoms with Crippen LogP contribution in [0.25, 0.3) is 11.0 Å². The highest BCUT2D eigenvalue weighted by molar-refractivity contribution is 5.93. The van der Waals surface area contributed by atoms with Crippen molar-refractivity contribution in [2.45, 2.75) is 71.9 Å². The van der Waals surface area contributed by atoms with Gasteiger partial charge >= 0.3 is 6.03 Å². The molecule has 1 saturated carbocycles. The minimum atomic E-state index is -0.130. The number of hydrogen-bond acceptors (Lipinski definition) is 4. The summed E-state index contributed by atoms with van der Waals surface area (Å²) in [5, 5.41) is 3.99. The van der Waals surface area contributed by atoms with E-state index in [0.717, 1.165) is 34.7 Å². The van der Waals surface area contributed by atoms with E-state index in [1.54, 1.807) is 18.1 Å². The van der Waals surface area contributed by atoms with Crippen LogP contribution in [0.15, 0.2) is 36.7 Å². The molecule has 7 heteroatoms. The molecule has 0 saturated heterocycles. The molecule has 1 aliphatic rings. The summed E-state index contributed by atoms with van der Waals surface area (Å²) in [6, 6.07) is 8.14. The Hall–Kier alpha value is -3.09. The molecule has 7 nitrogen and oxygen atoms in total. The molecule has 2 amide bonds. The zero-order valence-electron chi connectivity index (χ0n) is 20.9. The molecule has 0 bridgehead atoms. The van der Waals surface area contributed by atoms with E-state index in [1.807, 2.05) is 39.1 Å². The van der Waals surface area contributed by atoms with E-state index < -0.39 is 0 Å². The van der Waals surface area contributed by atoms with Crippen molar-refractivity contribution in [3.63, 3.8) is 0 Å². The van der Waals surface area contributed by atoms with Gasteiger partial charge in [0, 0.05) is 55.1 Å². The van der Waals surface area contributed by atoms with Crippen molar-refractivity contribution in [3.8, 4) is 5.75 Å². The smallest absolute Gasteiger partial charge is 0.321 e. The molecule has 0 radical (unpaired) electrons. The lowest BCUT2D eigenvalue weighted by Gasteiger charge is -2.23. The second-order valence-electron chi connectivity index (χ2n) is 9.61. The number of carbonyl (C=O) groups is 1. The minimum absolute atomic E-state index is 0.0785. The second-order valence-corrected chi connectivity index (χ2v) is 9.61. The first-order valence-corrected chi connectivity index (χ1v) is 12.5. The number of rotatable bonds is 8. The molecule has 3 aromatic rings. The number of anilines is 1. The van der Waals surface area contributed by atoms with E-state index in [4.69, 9.17) is 9.72 Å². The Morgan fingerprint density at radius 1 is 1.21 bits per heavy atom. The lowest BCUT2D eigenvalue weighted by Crippen LogP contribution is -2.40. The summed E-state index contributed by atoms with van der Waals surface area (Å²) in [5.41, 5.74) is 3.93. The molecule has 4 rings (SSSR count). The quantitative estimate of drug-likeness (QED) is 0.475. The summed E-state index contributed by atoms with van der Waals surface area (Å²) in [4.78, 5) is 23.6. The van der Waals surface area contributed by atoms with Crippen molar-refractivity contribution in [2.75, 3.05) is 18.6 Å². The molecular formula is C27H37N5O2. The van der Waals surface area contributed by atoms with Crippen molar-refractivity contribution >= 4 is 22.8 Å². The molecule has 1 aliphatic carbocycles. The Morgan fingerprint density at radius 2 is 2.00 bits per heavy atom. The van der Waals surface area contributed by atoms with Gasteiger partial charge in [0.1, 0.15) is 11.4 Å². The number of nitrogens with zero attached hydrogens (tertiary/aromatic N) is 4. The third-order valence-electron chi connectivity index (χ3n) is 6.54. The highest BCUT2D eigenvalue weighted by Crippen LogP contribution is 2.30. The first kappa shape index (κ1) is 24.0. The average Bonchev–Trinajstić information content (AvgIpc) is 3.15. The molecule has 0 unspecified atom stereocenters. The SMILES string of the molecule is CCOc1ccnc(Cc2cc3cc(N(C)C(=O)NC(C)C)cnc3n2CC2CCCCC2)c1. The van der Waals surface area contributed by atoms with Crippen LogP contribution in [0.5, 0.6) is 5.75 Å². The normalized spacial score (nSPS) is 14.5. The molecule has 0 atom stereocenters. The first-order valence-electron chi connectivity index (χ1n) is 12.5. The maximum Gasteiger partial charge on any atom is 0.321 e. The van der Waals surface area contributed by atoms with Crippen molar-refractivity contribution in [1.29, 1.82) is 0 Å². The maximum absolute atomic E-state index is 12.5. The predicted octanol–water partition coefficient (Wildman–Crippen LogP) is 5.56. The Balaban J connectivity index is 1.67. The Labute approximate surface area is 202 Å². The number of urea groups is 1. The molecule has 3 aromatic heterocycles. The fraction of sp³-hybridized carbons (Fsp3) is 0.519. The van der Waals surface area contributed by atoms with Gasteiger partial charge < -0.3 is 14.6 Å². The van der Waals surface area contributed by atoms with Crippen LogP contribution in [-0.2, 0) is 13.0 Å². The molecule has 34 heavy (non-hydrogen) atoms. The van der Waals surface area contributed by atoms with Gasteiger partial charge in [-0.2, -0.15) is 0 Å². The first-order chi connectivity index (χ1) is 16.4. The lowest BCUT2D eigenvalue weighted by atomic mass is 9.89. The zero-order valence-corrected chi connectivity index (χ0v) is 20.9. The molecule has 1 N–H and O–H groups in total. The van der Waals surface area contributed by atoms with Crippen LogP contribution >= 0.6 is 0 Å². The summed E-state index contributed by atoms with van der Waals surface area (Å²) >= 11 is 0.